The Kier molecular flexibility index (Phi) is 4.56. The van der Waals surface area contributed by atoms with E-state index < -0.39 is 11.7 Å². The van der Waals surface area contributed by atoms with Crippen LogP contribution in [-0.2, 0) is 0 Å². The Morgan fingerprint density at radius 2 is 2.04 bits per heavy atom. The maximum atomic E-state index is 13.8. The SMILES string of the molecule is CC(C)C(NC(=O)c1cc(F)ccc1-n1cnnn1)c1nc2ccccc2[nH]1. The first kappa shape index (κ1) is 17.8. The molecule has 0 radical (unpaired) electrons. The van der Waals surface area contributed by atoms with Crippen molar-refractivity contribution in [2.45, 2.75) is 19.9 Å². The smallest absolute Gasteiger partial charge is 0.254 e. The average Bonchev–Trinajstić information content (AvgIpc) is 3.35. The molecule has 8 nitrogen and oxygen atoms in total. The molecule has 0 saturated heterocycles. The van der Waals surface area contributed by atoms with Crippen LogP contribution in [0.2, 0.25) is 0 Å². The number of hydrogen-bond acceptors (Lipinski definition) is 5. The van der Waals surface area contributed by atoms with E-state index in [9.17, 15) is 9.18 Å². The fourth-order valence-electron chi connectivity index (χ4n) is 3.05. The van der Waals surface area contributed by atoms with E-state index in [1.165, 1.54) is 29.2 Å². The lowest BCUT2D eigenvalue weighted by molar-refractivity contribution is 0.0922. The summed E-state index contributed by atoms with van der Waals surface area (Å²) in [7, 11) is 0. The molecule has 1 unspecified atom stereocenters. The fourth-order valence-corrected chi connectivity index (χ4v) is 3.05. The highest BCUT2D eigenvalue weighted by Crippen LogP contribution is 2.24. The number of aromatic nitrogens is 6. The molecule has 1 atom stereocenters. The van der Waals surface area contributed by atoms with Gasteiger partial charge in [-0.05, 0) is 46.7 Å². The van der Waals surface area contributed by atoms with Crippen LogP contribution in [0.1, 0.15) is 36.1 Å². The van der Waals surface area contributed by atoms with Gasteiger partial charge < -0.3 is 10.3 Å². The highest BCUT2D eigenvalue weighted by atomic mass is 19.1. The zero-order valence-corrected chi connectivity index (χ0v) is 15.3. The summed E-state index contributed by atoms with van der Waals surface area (Å²) in [5.74, 6) is -0.268. The Hall–Kier alpha value is -3.62. The number of carbonyl (C=O) groups is 1. The third-order valence-electron chi connectivity index (χ3n) is 4.45. The maximum Gasteiger partial charge on any atom is 0.254 e. The fraction of sp³-hybridized carbons (Fsp3) is 0.211. The van der Waals surface area contributed by atoms with Crippen LogP contribution < -0.4 is 5.32 Å². The molecule has 142 valence electrons. The van der Waals surface area contributed by atoms with Crippen LogP contribution >= 0.6 is 0 Å². The number of nitrogens with zero attached hydrogens (tertiary/aromatic N) is 5. The lowest BCUT2D eigenvalue weighted by Crippen LogP contribution is -2.33. The predicted octanol–water partition coefficient (Wildman–Crippen LogP) is 2.80. The average molecular weight is 379 g/mol. The van der Waals surface area contributed by atoms with Crippen LogP contribution in [0.3, 0.4) is 0 Å². The van der Waals surface area contributed by atoms with Crippen molar-refractivity contribution in [3.63, 3.8) is 0 Å². The lowest BCUT2D eigenvalue weighted by atomic mass is 10.0. The minimum absolute atomic E-state index is 0.0505. The van der Waals surface area contributed by atoms with Crippen LogP contribution in [0, 0.1) is 11.7 Å². The summed E-state index contributed by atoms with van der Waals surface area (Å²) in [6, 6.07) is 11.1. The monoisotopic (exact) mass is 379 g/mol. The number of benzene rings is 2. The minimum atomic E-state index is -0.521. The molecule has 4 rings (SSSR count). The molecule has 2 heterocycles. The molecule has 0 fully saturated rings. The molecule has 0 saturated carbocycles. The summed E-state index contributed by atoms with van der Waals surface area (Å²) in [6.45, 7) is 3.96. The summed E-state index contributed by atoms with van der Waals surface area (Å²) in [4.78, 5) is 20.9. The van der Waals surface area contributed by atoms with Crippen molar-refractivity contribution in [2.75, 3.05) is 0 Å². The van der Waals surface area contributed by atoms with Gasteiger partial charge in [-0.25, -0.2) is 9.37 Å². The number of fused-ring (bicyclic) bond motifs is 1. The van der Waals surface area contributed by atoms with Crippen molar-refractivity contribution in [1.82, 2.24) is 35.5 Å². The standard InChI is InChI=1S/C19H18FN7O/c1-11(2)17(18-22-14-5-3-4-6-15(14)23-18)24-19(28)13-9-12(20)7-8-16(13)27-10-21-25-26-27/h3-11,17H,1-2H3,(H,22,23)(H,24,28). The van der Waals surface area contributed by atoms with Crippen molar-refractivity contribution < 1.29 is 9.18 Å². The minimum Gasteiger partial charge on any atom is -0.342 e. The largest absolute Gasteiger partial charge is 0.342 e. The number of tetrazole rings is 1. The molecule has 4 aromatic rings. The topological polar surface area (TPSA) is 101 Å². The summed E-state index contributed by atoms with van der Waals surface area (Å²) in [5.41, 5.74) is 2.22. The van der Waals surface area contributed by atoms with E-state index >= 15 is 0 Å². The molecule has 0 aliphatic heterocycles. The number of H-pyrrole nitrogens is 1. The second kappa shape index (κ2) is 7.18. The van der Waals surface area contributed by atoms with Crippen molar-refractivity contribution in [2.24, 2.45) is 5.92 Å². The Morgan fingerprint density at radius 1 is 1.21 bits per heavy atom. The van der Waals surface area contributed by atoms with Crippen molar-refractivity contribution in [3.05, 3.63) is 66.0 Å². The van der Waals surface area contributed by atoms with Crippen LogP contribution in [0.5, 0.6) is 0 Å². The first-order chi connectivity index (χ1) is 13.5. The van der Waals surface area contributed by atoms with Crippen molar-refractivity contribution in [3.8, 4) is 5.69 Å². The summed E-state index contributed by atoms with van der Waals surface area (Å²) in [5, 5.41) is 13.9. The zero-order valence-electron chi connectivity index (χ0n) is 15.3. The quantitative estimate of drug-likeness (QED) is 0.555. The second-order valence-electron chi connectivity index (χ2n) is 6.75. The van der Waals surface area contributed by atoms with Crippen molar-refractivity contribution in [1.29, 1.82) is 0 Å². The van der Waals surface area contributed by atoms with E-state index in [-0.39, 0.29) is 17.5 Å². The summed E-state index contributed by atoms with van der Waals surface area (Å²) in [6.07, 6.45) is 1.35. The van der Waals surface area contributed by atoms with E-state index in [1.54, 1.807) is 0 Å². The van der Waals surface area contributed by atoms with E-state index in [2.05, 4.69) is 30.8 Å². The van der Waals surface area contributed by atoms with Gasteiger partial charge in [0.15, 0.2) is 0 Å². The Balaban J connectivity index is 1.69. The number of para-hydroxylation sites is 2. The highest BCUT2D eigenvalue weighted by molar-refractivity contribution is 5.98. The first-order valence-corrected chi connectivity index (χ1v) is 8.81. The molecule has 0 aliphatic carbocycles. The highest BCUT2D eigenvalue weighted by Gasteiger charge is 2.24. The van der Waals surface area contributed by atoms with Gasteiger partial charge in [0.05, 0.1) is 28.3 Å². The molecule has 2 aromatic heterocycles. The third-order valence-corrected chi connectivity index (χ3v) is 4.45. The predicted molar refractivity (Wildman–Crippen MR) is 100 cm³/mol. The van der Waals surface area contributed by atoms with Crippen molar-refractivity contribution >= 4 is 16.9 Å². The van der Waals surface area contributed by atoms with Gasteiger partial charge in [-0.15, -0.1) is 5.10 Å². The molecule has 9 heteroatoms. The van der Waals surface area contributed by atoms with E-state index in [1.807, 2.05) is 38.1 Å². The summed E-state index contributed by atoms with van der Waals surface area (Å²) < 4.78 is 15.2. The Bertz CT molecular complexity index is 1090. The van der Waals surface area contributed by atoms with Crippen LogP contribution in [0.15, 0.2) is 48.8 Å². The Morgan fingerprint density at radius 3 is 2.75 bits per heavy atom. The first-order valence-electron chi connectivity index (χ1n) is 8.81. The van der Waals surface area contributed by atoms with E-state index in [4.69, 9.17) is 0 Å². The second-order valence-corrected chi connectivity index (χ2v) is 6.75. The molecular formula is C19H18FN7O. The number of imidazole rings is 1. The zero-order chi connectivity index (χ0) is 19.7. The number of amides is 1. The van der Waals surface area contributed by atoms with Gasteiger partial charge in [0.2, 0.25) is 0 Å². The molecule has 28 heavy (non-hydrogen) atoms. The van der Waals surface area contributed by atoms with Crippen LogP contribution in [0.4, 0.5) is 4.39 Å². The summed E-state index contributed by atoms with van der Waals surface area (Å²) >= 11 is 0. The number of aromatic amines is 1. The van der Waals surface area contributed by atoms with Gasteiger partial charge >= 0.3 is 0 Å². The van der Waals surface area contributed by atoms with E-state index in [0.29, 0.717) is 11.5 Å². The lowest BCUT2D eigenvalue weighted by Gasteiger charge is -2.21. The number of hydrogen-bond donors (Lipinski definition) is 2. The van der Waals surface area contributed by atoms with Gasteiger partial charge in [0.1, 0.15) is 18.0 Å². The molecule has 0 bridgehead atoms. The maximum absolute atomic E-state index is 13.8. The molecule has 2 aromatic carbocycles. The number of nitrogens with one attached hydrogen (secondary N) is 2. The van der Waals surface area contributed by atoms with Gasteiger partial charge in [-0.3, -0.25) is 4.79 Å². The molecule has 0 aliphatic rings. The van der Waals surface area contributed by atoms with Gasteiger partial charge in [0.25, 0.3) is 5.91 Å². The van der Waals surface area contributed by atoms with Gasteiger partial charge in [-0.2, -0.15) is 4.68 Å². The normalized spacial score (nSPS) is 12.4. The molecule has 0 spiro atoms. The molecular weight excluding hydrogens is 361 g/mol. The third kappa shape index (κ3) is 3.34. The molecule has 1 amide bonds. The van der Waals surface area contributed by atoms with Gasteiger partial charge in [0, 0.05) is 0 Å². The molecule has 2 N–H and O–H groups in total. The van der Waals surface area contributed by atoms with Crippen LogP contribution in [-0.4, -0.2) is 36.1 Å². The number of halogens is 1. The van der Waals surface area contributed by atoms with E-state index in [0.717, 1.165) is 11.0 Å². The van der Waals surface area contributed by atoms with Crippen LogP contribution in [0.25, 0.3) is 16.7 Å². The van der Waals surface area contributed by atoms with Gasteiger partial charge in [-0.1, -0.05) is 26.0 Å². The number of carbonyl (C=O) groups excluding carboxylic acids is 1. The Labute approximate surface area is 159 Å². The number of rotatable bonds is 5.